The van der Waals surface area contributed by atoms with Crippen LogP contribution in [0.3, 0.4) is 0 Å². The Morgan fingerprint density at radius 3 is 2.68 bits per heavy atom. The van der Waals surface area contributed by atoms with Crippen molar-refractivity contribution < 1.29 is 9.53 Å². The fourth-order valence-corrected chi connectivity index (χ4v) is 4.07. The van der Waals surface area contributed by atoms with Gasteiger partial charge in [-0.2, -0.15) is 5.10 Å². The van der Waals surface area contributed by atoms with Crippen LogP contribution < -0.4 is 0 Å². The summed E-state index contributed by atoms with van der Waals surface area (Å²) >= 11 is 1.72. The summed E-state index contributed by atoms with van der Waals surface area (Å²) in [5.41, 5.74) is 3.60. The van der Waals surface area contributed by atoms with Crippen molar-refractivity contribution in [1.82, 2.24) is 9.78 Å². The lowest BCUT2D eigenvalue weighted by molar-refractivity contribution is -0.144. The number of aryl methyl sites for hydroxylation is 2. The molecule has 28 heavy (non-hydrogen) atoms. The summed E-state index contributed by atoms with van der Waals surface area (Å²) in [5, 5.41) is 4.27. The third kappa shape index (κ3) is 7.34. The maximum absolute atomic E-state index is 12.1. The van der Waals surface area contributed by atoms with E-state index >= 15 is 0 Å². The average molecular weight is 403 g/mol. The molecule has 0 N–H and O–H groups in total. The largest absolute Gasteiger partial charge is 0.465 e. The van der Waals surface area contributed by atoms with Gasteiger partial charge in [0.1, 0.15) is 0 Å². The number of aromatic nitrogens is 2. The number of nitrogens with zero attached hydrogens (tertiary/aromatic N) is 2. The fourth-order valence-electron chi connectivity index (χ4n) is 3.12. The lowest BCUT2D eigenvalue weighted by Gasteiger charge is -2.14. The molecule has 0 fully saturated rings. The molecule has 1 atom stereocenters. The molecule has 1 aromatic carbocycles. The molecule has 0 aliphatic carbocycles. The summed E-state index contributed by atoms with van der Waals surface area (Å²) in [6, 6.07) is 6.62. The summed E-state index contributed by atoms with van der Waals surface area (Å²) < 4.78 is 7.33. The van der Waals surface area contributed by atoms with Crippen LogP contribution in [0.4, 0.5) is 0 Å². The molecule has 1 aromatic heterocycles. The molecule has 5 heteroatoms. The number of ether oxygens (including phenoxy) is 1. The van der Waals surface area contributed by atoms with Crippen molar-refractivity contribution in [1.29, 1.82) is 0 Å². The molecule has 4 nitrogen and oxygen atoms in total. The zero-order valence-electron chi connectivity index (χ0n) is 17.7. The highest BCUT2D eigenvalue weighted by Gasteiger charge is 2.11. The van der Waals surface area contributed by atoms with Crippen molar-refractivity contribution in [3.63, 3.8) is 0 Å². The first-order valence-electron chi connectivity index (χ1n) is 10.5. The number of hydrogen-bond acceptors (Lipinski definition) is 4. The molecule has 0 saturated carbocycles. The number of thioether (sulfide) groups is 1. The number of rotatable bonds is 12. The Hall–Kier alpha value is -1.75. The minimum Gasteiger partial charge on any atom is -0.465 e. The molecule has 2 rings (SSSR count). The number of carbonyl (C=O) groups excluding carboxylic acids is 1. The van der Waals surface area contributed by atoms with Gasteiger partial charge in [0, 0.05) is 29.5 Å². The minimum atomic E-state index is -0.0819. The second-order valence-electron chi connectivity index (χ2n) is 7.32. The van der Waals surface area contributed by atoms with E-state index in [1.165, 1.54) is 28.9 Å². The summed E-state index contributed by atoms with van der Waals surface area (Å²) in [7, 11) is 1.93. The van der Waals surface area contributed by atoms with Gasteiger partial charge in [0.2, 0.25) is 0 Å². The highest BCUT2D eigenvalue weighted by molar-refractivity contribution is 7.99. The maximum Gasteiger partial charge on any atom is 0.306 e. The van der Waals surface area contributed by atoms with Gasteiger partial charge in [-0.1, -0.05) is 46.1 Å². The van der Waals surface area contributed by atoms with Crippen molar-refractivity contribution in [3.8, 4) is 11.1 Å². The summed E-state index contributed by atoms with van der Waals surface area (Å²) in [5.74, 6) is 1.16. The molecule has 0 radical (unpaired) electrons. The second-order valence-corrected chi connectivity index (χ2v) is 8.49. The first kappa shape index (κ1) is 22.5. The highest BCUT2D eigenvalue weighted by Crippen LogP contribution is 2.28. The van der Waals surface area contributed by atoms with Gasteiger partial charge >= 0.3 is 5.97 Å². The molecule has 1 unspecified atom stereocenters. The topological polar surface area (TPSA) is 44.1 Å². The minimum absolute atomic E-state index is 0.0819. The second kappa shape index (κ2) is 11.9. The van der Waals surface area contributed by atoms with Crippen LogP contribution in [-0.2, 0) is 23.0 Å². The van der Waals surface area contributed by atoms with E-state index < -0.39 is 0 Å². The van der Waals surface area contributed by atoms with Crippen LogP contribution in [0.15, 0.2) is 35.5 Å². The van der Waals surface area contributed by atoms with Crippen molar-refractivity contribution in [2.45, 2.75) is 64.2 Å². The van der Waals surface area contributed by atoms with E-state index in [9.17, 15) is 4.79 Å². The van der Waals surface area contributed by atoms with Gasteiger partial charge in [-0.25, -0.2) is 0 Å². The number of hydrogen-bond donors (Lipinski definition) is 0. The molecule has 0 bridgehead atoms. The summed E-state index contributed by atoms with van der Waals surface area (Å²) in [6.07, 6.45) is 9.98. The summed E-state index contributed by atoms with van der Waals surface area (Å²) in [6.45, 7) is 7.10. The van der Waals surface area contributed by atoms with E-state index in [-0.39, 0.29) is 5.97 Å². The van der Waals surface area contributed by atoms with E-state index in [0.29, 0.717) is 18.9 Å². The van der Waals surface area contributed by atoms with Gasteiger partial charge in [0.15, 0.2) is 0 Å². The zero-order chi connectivity index (χ0) is 20.4. The maximum atomic E-state index is 12.1. The van der Waals surface area contributed by atoms with Gasteiger partial charge < -0.3 is 4.74 Å². The van der Waals surface area contributed by atoms with Crippen molar-refractivity contribution in [2.75, 3.05) is 12.4 Å². The average Bonchev–Trinajstić information content (AvgIpc) is 3.14. The Labute approximate surface area is 174 Å². The first-order chi connectivity index (χ1) is 13.5. The molecule has 154 valence electrons. The summed E-state index contributed by atoms with van der Waals surface area (Å²) in [4.78, 5) is 13.3. The molecule has 0 aliphatic rings. The Balaban J connectivity index is 1.85. The highest BCUT2D eigenvalue weighted by atomic mass is 32.2. The first-order valence-corrected chi connectivity index (χ1v) is 11.5. The van der Waals surface area contributed by atoms with Crippen LogP contribution in [0.1, 0.15) is 58.4 Å². The van der Waals surface area contributed by atoms with E-state index in [1.54, 1.807) is 11.8 Å². The standard InChI is InChI=1S/C23H34N2O2S/c1-5-8-9-18(6-2)17-27-23(26)10-11-28-22-13-19(7-3)12-20(14-22)21-15-24-25(4)16-21/h12-16,18H,5-11,17H2,1-4H3. The van der Waals surface area contributed by atoms with E-state index in [0.717, 1.165) is 30.6 Å². The quantitative estimate of drug-likeness (QED) is 0.328. The SMILES string of the molecule is CCCCC(CC)COC(=O)CCSc1cc(CC)cc(-c2cnn(C)c2)c1. The van der Waals surface area contributed by atoms with Crippen LogP contribution in [0, 0.1) is 5.92 Å². The van der Waals surface area contributed by atoms with Crippen LogP contribution in [-0.4, -0.2) is 28.1 Å². The Morgan fingerprint density at radius 2 is 2.04 bits per heavy atom. The number of unbranched alkanes of at least 4 members (excludes halogenated alkanes) is 1. The van der Waals surface area contributed by atoms with Gasteiger partial charge in [0.05, 0.1) is 19.2 Å². The molecular formula is C23H34N2O2S. The normalized spacial score (nSPS) is 12.1. The smallest absolute Gasteiger partial charge is 0.306 e. The van der Waals surface area contributed by atoms with Gasteiger partial charge in [0.25, 0.3) is 0 Å². The lowest BCUT2D eigenvalue weighted by atomic mass is 10.0. The van der Waals surface area contributed by atoms with Crippen molar-refractivity contribution in [3.05, 3.63) is 36.2 Å². The van der Waals surface area contributed by atoms with Gasteiger partial charge in [-0.15, -0.1) is 11.8 Å². The van der Waals surface area contributed by atoms with Crippen LogP contribution in [0.2, 0.25) is 0 Å². The third-order valence-electron chi connectivity index (χ3n) is 5.01. The van der Waals surface area contributed by atoms with Crippen molar-refractivity contribution >= 4 is 17.7 Å². The Bertz CT molecular complexity index is 742. The number of carbonyl (C=O) groups is 1. The zero-order valence-corrected chi connectivity index (χ0v) is 18.6. The molecule has 0 aliphatic heterocycles. The van der Waals surface area contributed by atoms with E-state index in [2.05, 4.69) is 44.1 Å². The number of esters is 1. The fraction of sp³-hybridized carbons (Fsp3) is 0.565. The van der Waals surface area contributed by atoms with E-state index in [1.807, 2.05) is 24.1 Å². The molecule has 0 amide bonds. The third-order valence-corrected chi connectivity index (χ3v) is 5.99. The van der Waals surface area contributed by atoms with Crippen LogP contribution >= 0.6 is 11.8 Å². The van der Waals surface area contributed by atoms with Crippen LogP contribution in [0.5, 0.6) is 0 Å². The molecule has 1 heterocycles. The van der Waals surface area contributed by atoms with Gasteiger partial charge in [-0.05, 0) is 42.0 Å². The molecule has 0 spiro atoms. The predicted molar refractivity (Wildman–Crippen MR) is 118 cm³/mol. The monoisotopic (exact) mass is 402 g/mol. The Morgan fingerprint density at radius 1 is 1.21 bits per heavy atom. The Kier molecular flexibility index (Phi) is 9.62. The molecule has 0 saturated heterocycles. The lowest BCUT2D eigenvalue weighted by Crippen LogP contribution is -2.14. The molecule has 2 aromatic rings. The molecular weight excluding hydrogens is 368 g/mol. The van der Waals surface area contributed by atoms with Gasteiger partial charge in [-0.3, -0.25) is 9.48 Å². The van der Waals surface area contributed by atoms with Crippen LogP contribution in [0.25, 0.3) is 11.1 Å². The predicted octanol–water partition coefficient (Wildman–Crippen LogP) is 5.89. The van der Waals surface area contributed by atoms with E-state index in [4.69, 9.17) is 4.74 Å². The number of benzene rings is 1. The van der Waals surface area contributed by atoms with Crippen molar-refractivity contribution in [2.24, 2.45) is 13.0 Å².